The van der Waals surface area contributed by atoms with Gasteiger partial charge in [-0.3, -0.25) is 15.1 Å². The molecule has 1 heterocycles. The lowest BCUT2D eigenvalue weighted by Crippen LogP contribution is -2.15. The Hall–Kier alpha value is -2.41. The largest absolute Gasteiger partial charge is 0.307 e. The van der Waals surface area contributed by atoms with Gasteiger partial charge in [-0.05, 0) is 19.1 Å². The van der Waals surface area contributed by atoms with Crippen LogP contribution in [0.25, 0.3) is 0 Å². The lowest BCUT2D eigenvalue weighted by Gasteiger charge is -2.07. The molecule has 0 aliphatic carbocycles. The van der Waals surface area contributed by atoms with Crippen molar-refractivity contribution in [1.29, 1.82) is 0 Å². The zero-order valence-electron chi connectivity index (χ0n) is 11.3. The van der Waals surface area contributed by atoms with E-state index < -0.39 is 22.2 Å². The molecule has 0 atom stereocenters. The van der Waals surface area contributed by atoms with Crippen molar-refractivity contribution in [2.45, 2.75) is 20.0 Å². The lowest BCUT2D eigenvalue weighted by molar-refractivity contribution is -0.387. The summed E-state index contributed by atoms with van der Waals surface area (Å²) in [6, 6.07) is 6.94. The molecular formula is C14H13F2N3O2. The van der Waals surface area contributed by atoms with Gasteiger partial charge in [-0.25, -0.2) is 4.39 Å². The van der Waals surface area contributed by atoms with Crippen LogP contribution in [0.3, 0.4) is 0 Å². The number of pyridine rings is 1. The standard InChI is InChI=1S/C14H13F2N3O2/c1-9-3-2-4-11(18-9)8-17-7-10-5-14(19(20)21)13(16)6-12(10)15/h2-6,17H,7-8H2,1H3. The van der Waals surface area contributed by atoms with Gasteiger partial charge in [0.1, 0.15) is 5.82 Å². The number of aromatic nitrogens is 1. The van der Waals surface area contributed by atoms with Crippen molar-refractivity contribution in [3.63, 3.8) is 0 Å². The smallest absolute Gasteiger partial charge is 0.305 e. The van der Waals surface area contributed by atoms with Gasteiger partial charge < -0.3 is 5.32 Å². The summed E-state index contributed by atoms with van der Waals surface area (Å²) >= 11 is 0. The van der Waals surface area contributed by atoms with Crippen molar-refractivity contribution in [2.24, 2.45) is 0 Å². The second kappa shape index (κ2) is 6.36. The van der Waals surface area contributed by atoms with E-state index in [1.165, 1.54) is 0 Å². The summed E-state index contributed by atoms with van der Waals surface area (Å²) in [5.74, 6) is -2.00. The second-order valence-corrected chi connectivity index (χ2v) is 4.53. The van der Waals surface area contributed by atoms with Crippen molar-refractivity contribution in [1.82, 2.24) is 10.3 Å². The van der Waals surface area contributed by atoms with Crippen molar-refractivity contribution in [3.8, 4) is 0 Å². The van der Waals surface area contributed by atoms with Gasteiger partial charge in [0.25, 0.3) is 0 Å². The Morgan fingerprint density at radius 1 is 1.24 bits per heavy atom. The molecule has 1 N–H and O–H groups in total. The SMILES string of the molecule is Cc1cccc(CNCc2cc([N+](=O)[O-])c(F)cc2F)n1. The Labute approximate surface area is 119 Å². The summed E-state index contributed by atoms with van der Waals surface area (Å²) in [5.41, 5.74) is 0.933. The van der Waals surface area contributed by atoms with Gasteiger partial charge in [0.15, 0.2) is 0 Å². The summed E-state index contributed by atoms with van der Waals surface area (Å²) in [4.78, 5) is 14.0. The van der Waals surface area contributed by atoms with Crippen LogP contribution in [-0.4, -0.2) is 9.91 Å². The second-order valence-electron chi connectivity index (χ2n) is 4.53. The minimum atomic E-state index is -1.18. The number of hydrogen-bond acceptors (Lipinski definition) is 4. The van der Waals surface area contributed by atoms with Gasteiger partial charge in [-0.15, -0.1) is 0 Å². The third-order valence-corrected chi connectivity index (χ3v) is 2.88. The van der Waals surface area contributed by atoms with Crippen LogP contribution in [0.5, 0.6) is 0 Å². The van der Waals surface area contributed by atoms with Crippen LogP contribution < -0.4 is 5.32 Å². The van der Waals surface area contributed by atoms with Crippen molar-refractivity contribution in [2.75, 3.05) is 0 Å². The van der Waals surface area contributed by atoms with Crippen LogP contribution in [0.2, 0.25) is 0 Å². The summed E-state index contributed by atoms with van der Waals surface area (Å²) < 4.78 is 26.8. The van der Waals surface area contributed by atoms with Crippen molar-refractivity contribution >= 4 is 5.69 Å². The quantitative estimate of drug-likeness (QED) is 0.680. The molecule has 2 aromatic rings. The maximum Gasteiger partial charge on any atom is 0.305 e. The fraction of sp³-hybridized carbons (Fsp3) is 0.214. The number of nitrogens with one attached hydrogen (secondary N) is 1. The Kier molecular flexibility index (Phi) is 4.54. The van der Waals surface area contributed by atoms with Crippen molar-refractivity contribution < 1.29 is 13.7 Å². The fourth-order valence-electron chi connectivity index (χ4n) is 1.88. The Bertz CT molecular complexity index is 677. The molecule has 0 amide bonds. The molecule has 0 bridgehead atoms. The molecule has 0 spiro atoms. The molecule has 21 heavy (non-hydrogen) atoms. The van der Waals surface area contributed by atoms with E-state index in [1.807, 2.05) is 25.1 Å². The van der Waals surface area contributed by atoms with Gasteiger partial charge in [0.2, 0.25) is 5.82 Å². The number of halogens is 2. The van der Waals surface area contributed by atoms with E-state index in [-0.39, 0.29) is 12.1 Å². The molecule has 0 radical (unpaired) electrons. The monoisotopic (exact) mass is 293 g/mol. The Morgan fingerprint density at radius 2 is 2.00 bits per heavy atom. The number of nitrogens with zero attached hydrogens (tertiary/aromatic N) is 2. The third-order valence-electron chi connectivity index (χ3n) is 2.88. The van der Waals surface area contributed by atoms with E-state index in [2.05, 4.69) is 10.3 Å². The molecule has 1 aromatic heterocycles. The minimum absolute atomic E-state index is 0.0377. The summed E-state index contributed by atoms with van der Waals surface area (Å²) in [6.45, 7) is 2.28. The molecule has 0 aliphatic heterocycles. The molecule has 0 saturated heterocycles. The first-order valence-corrected chi connectivity index (χ1v) is 6.23. The molecule has 0 saturated carbocycles. The first-order valence-electron chi connectivity index (χ1n) is 6.23. The maximum atomic E-state index is 13.6. The first kappa shape index (κ1) is 15.0. The van der Waals surface area contributed by atoms with Crippen LogP contribution in [0.1, 0.15) is 17.0 Å². The van der Waals surface area contributed by atoms with Gasteiger partial charge >= 0.3 is 5.69 Å². The van der Waals surface area contributed by atoms with E-state index in [4.69, 9.17) is 0 Å². The van der Waals surface area contributed by atoms with Crippen LogP contribution in [-0.2, 0) is 13.1 Å². The molecule has 5 nitrogen and oxygen atoms in total. The number of nitro groups is 1. The summed E-state index contributed by atoms with van der Waals surface area (Å²) in [7, 11) is 0. The topological polar surface area (TPSA) is 68.1 Å². The highest BCUT2D eigenvalue weighted by atomic mass is 19.1. The van der Waals surface area contributed by atoms with E-state index in [0.29, 0.717) is 12.6 Å². The van der Waals surface area contributed by atoms with Gasteiger partial charge in [-0.2, -0.15) is 4.39 Å². The summed E-state index contributed by atoms with van der Waals surface area (Å²) in [6.07, 6.45) is 0. The van der Waals surface area contributed by atoms with Gasteiger partial charge in [0, 0.05) is 36.5 Å². The predicted molar refractivity (Wildman–Crippen MR) is 72.5 cm³/mol. The van der Waals surface area contributed by atoms with Crippen LogP contribution >= 0.6 is 0 Å². The van der Waals surface area contributed by atoms with Gasteiger partial charge in [0.05, 0.1) is 10.6 Å². The molecule has 110 valence electrons. The summed E-state index contributed by atoms with van der Waals surface area (Å²) in [5, 5.41) is 13.6. The molecule has 1 aromatic carbocycles. The lowest BCUT2D eigenvalue weighted by atomic mass is 10.1. The number of rotatable bonds is 5. The Morgan fingerprint density at radius 3 is 2.67 bits per heavy atom. The zero-order valence-corrected chi connectivity index (χ0v) is 11.3. The van der Waals surface area contributed by atoms with Crippen LogP contribution in [0.15, 0.2) is 30.3 Å². The number of hydrogen-bond donors (Lipinski definition) is 1. The normalized spacial score (nSPS) is 10.6. The average Bonchev–Trinajstić information content (AvgIpc) is 2.41. The fourth-order valence-corrected chi connectivity index (χ4v) is 1.88. The highest BCUT2D eigenvalue weighted by Crippen LogP contribution is 2.21. The molecule has 2 rings (SSSR count). The maximum absolute atomic E-state index is 13.6. The highest BCUT2D eigenvalue weighted by Gasteiger charge is 2.18. The minimum Gasteiger partial charge on any atom is -0.307 e. The molecule has 0 aliphatic rings. The van der Waals surface area contributed by atoms with Gasteiger partial charge in [-0.1, -0.05) is 6.07 Å². The third kappa shape index (κ3) is 3.79. The number of benzene rings is 1. The van der Waals surface area contributed by atoms with E-state index >= 15 is 0 Å². The molecule has 0 unspecified atom stereocenters. The molecule has 7 heteroatoms. The van der Waals surface area contributed by atoms with Crippen LogP contribution in [0.4, 0.5) is 14.5 Å². The van der Waals surface area contributed by atoms with Crippen LogP contribution in [0, 0.1) is 28.7 Å². The first-order chi connectivity index (χ1) is 9.97. The van der Waals surface area contributed by atoms with Crippen molar-refractivity contribution in [3.05, 3.63) is 69.0 Å². The number of aryl methyl sites for hydroxylation is 1. The van der Waals surface area contributed by atoms with E-state index in [9.17, 15) is 18.9 Å². The Balaban J connectivity index is 2.06. The van der Waals surface area contributed by atoms with E-state index in [1.54, 1.807) is 0 Å². The molecular weight excluding hydrogens is 280 g/mol. The average molecular weight is 293 g/mol. The predicted octanol–water partition coefficient (Wildman–Crippen LogP) is 2.87. The molecule has 0 fully saturated rings. The number of nitro benzene ring substituents is 1. The van der Waals surface area contributed by atoms with E-state index in [0.717, 1.165) is 17.5 Å². The highest BCUT2D eigenvalue weighted by molar-refractivity contribution is 5.37. The zero-order chi connectivity index (χ0) is 15.4.